The maximum Gasteiger partial charge on any atom is 0.469 e. The zero-order valence-electron chi connectivity index (χ0n) is 14.7. The molecule has 1 atom stereocenters. The summed E-state index contributed by atoms with van der Waals surface area (Å²) >= 11 is 0. The first kappa shape index (κ1) is 26.7. The summed E-state index contributed by atoms with van der Waals surface area (Å²) in [6.07, 6.45) is 3.41. The molecule has 11 nitrogen and oxygen atoms in total. The van der Waals surface area contributed by atoms with Crippen LogP contribution in [0.1, 0.15) is 5.56 Å². The second kappa shape index (κ2) is 11.6. The van der Waals surface area contributed by atoms with Gasteiger partial charge < -0.3 is 30.8 Å². The molecule has 1 aromatic carbocycles. The van der Waals surface area contributed by atoms with Crippen LogP contribution in [0, 0.1) is 0 Å². The Labute approximate surface area is 175 Å². The van der Waals surface area contributed by atoms with E-state index in [1.165, 1.54) is 18.3 Å². The molecule has 1 aliphatic heterocycles. The van der Waals surface area contributed by atoms with Crippen LogP contribution in [0.5, 0.6) is 5.75 Å². The van der Waals surface area contributed by atoms with Crippen LogP contribution in [0.2, 0.25) is 0 Å². The van der Waals surface area contributed by atoms with Gasteiger partial charge >= 0.3 is 13.8 Å². The molecule has 0 bridgehead atoms. The second-order valence-electron chi connectivity index (χ2n) is 5.55. The number of phosphoric ester groups is 1. The van der Waals surface area contributed by atoms with Gasteiger partial charge in [-0.1, -0.05) is 12.1 Å². The summed E-state index contributed by atoms with van der Waals surface area (Å²) in [6, 6.07) is 4.90. The van der Waals surface area contributed by atoms with Crippen molar-refractivity contribution in [2.24, 2.45) is 4.99 Å². The van der Waals surface area contributed by atoms with Crippen LogP contribution in [0.4, 0.5) is 0 Å². The average Bonchev–Trinajstić information content (AvgIpc) is 2.58. The zero-order valence-corrected chi connectivity index (χ0v) is 16.5. The van der Waals surface area contributed by atoms with E-state index in [0.29, 0.717) is 5.56 Å². The fraction of sp³-hybridized carbons (Fsp3) is 0.188. The minimum atomic E-state index is -4.75. The maximum atomic E-state index is 12.0. The first-order chi connectivity index (χ1) is 12.7. The van der Waals surface area contributed by atoms with Gasteiger partial charge in [0.1, 0.15) is 11.8 Å². The number of nitrogens with one attached hydrogen (secondary N) is 1. The molecule has 13 heteroatoms. The van der Waals surface area contributed by atoms with Crippen molar-refractivity contribution in [3.63, 3.8) is 0 Å². The minimum Gasteiger partial charge on any atom is -0.508 e. The number of aliphatic carboxylic acids is 1. The molecule has 0 spiro atoms. The van der Waals surface area contributed by atoms with Crippen molar-refractivity contribution in [1.82, 2.24) is 5.32 Å². The van der Waals surface area contributed by atoms with Crippen molar-refractivity contribution >= 4 is 25.8 Å². The van der Waals surface area contributed by atoms with Gasteiger partial charge in [-0.2, -0.15) is 0 Å². The minimum absolute atomic E-state index is 0. The van der Waals surface area contributed by atoms with Crippen molar-refractivity contribution in [3.8, 4) is 5.75 Å². The number of aliphatic imine (C=N–C) groups is 1. The van der Waals surface area contributed by atoms with Crippen LogP contribution in [0.3, 0.4) is 0 Å². The molecular formula is C16H19CuN2O9P. The normalized spacial score (nSPS) is 15.7. The number of carbonyl (C=O) groups excluding carboxylic acids is 1. The number of carbonyl (C=O) groups is 2. The Morgan fingerprint density at radius 3 is 2.45 bits per heavy atom. The van der Waals surface area contributed by atoms with E-state index >= 15 is 0 Å². The average molecular weight is 478 g/mol. The van der Waals surface area contributed by atoms with Gasteiger partial charge in [0.25, 0.3) is 0 Å². The van der Waals surface area contributed by atoms with E-state index < -0.39 is 32.2 Å². The molecule has 163 valence electrons. The Balaban J connectivity index is 0.00000392. The van der Waals surface area contributed by atoms with Gasteiger partial charge in [-0.3, -0.25) is 14.3 Å². The smallest absolute Gasteiger partial charge is 0.469 e. The van der Waals surface area contributed by atoms with Crippen molar-refractivity contribution in [3.05, 3.63) is 53.4 Å². The van der Waals surface area contributed by atoms with Crippen molar-refractivity contribution in [2.75, 3.05) is 6.61 Å². The predicted molar refractivity (Wildman–Crippen MR) is 97.6 cm³/mol. The number of phenolic OH excluding ortho intramolecular Hbond substituents is 1. The number of rotatable bonds is 8. The third-order valence-electron chi connectivity index (χ3n) is 3.52. The molecule has 0 saturated carbocycles. The number of carboxylic acid groups (broad SMARTS) is 1. The molecule has 0 saturated heterocycles. The third-order valence-corrected chi connectivity index (χ3v) is 3.99. The molecule has 1 unspecified atom stereocenters. The molecule has 2 rings (SSSR count). The van der Waals surface area contributed by atoms with Crippen LogP contribution in [-0.2, 0) is 42.2 Å². The van der Waals surface area contributed by atoms with E-state index in [1.807, 2.05) is 0 Å². The number of phosphoric acid groups is 1. The van der Waals surface area contributed by atoms with E-state index in [2.05, 4.69) is 14.8 Å². The Hall–Kier alpha value is -2.30. The van der Waals surface area contributed by atoms with Crippen LogP contribution in [0.25, 0.3) is 0 Å². The van der Waals surface area contributed by atoms with Crippen molar-refractivity contribution in [2.45, 2.75) is 12.5 Å². The summed E-state index contributed by atoms with van der Waals surface area (Å²) in [4.78, 5) is 44.7. The Kier molecular flexibility index (Phi) is 10.7. The van der Waals surface area contributed by atoms with Gasteiger partial charge in [-0.05, 0) is 17.7 Å². The molecule has 0 fully saturated rings. The topological polar surface area (TPSA) is 197 Å². The number of hydrogen-bond acceptors (Lipinski definition) is 7. The summed E-state index contributed by atoms with van der Waals surface area (Å²) in [7, 11) is -4.75. The number of aromatic hydroxyl groups is 1. The fourth-order valence-electron chi connectivity index (χ4n) is 2.19. The monoisotopic (exact) mass is 477 g/mol. The summed E-state index contributed by atoms with van der Waals surface area (Å²) in [6.45, 7) is -0.573. The number of benzene rings is 1. The molecule has 7 N–H and O–H groups in total. The first-order valence-corrected chi connectivity index (χ1v) is 9.12. The maximum absolute atomic E-state index is 12.0. The fourth-order valence-corrected chi connectivity index (χ4v) is 2.50. The van der Waals surface area contributed by atoms with Gasteiger partial charge in [0, 0.05) is 47.0 Å². The second-order valence-corrected chi connectivity index (χ2v) is 6.79. The molecule has 1 radical (unpaired) electrons. The molecule has 1 aromatic rings. The largest absolute Gasteiger partial charge is 0.508 e. The van der Waals surface area contributed by atoms with Crippen molar-refractivity contribution in [1.29, 1.82) is 0 Å². The summed E-state index contributed by atoms with van der Waals surface area (Å²) in [5, 5.41) is 21.3. The van der Waals surface area contributed by atoms with E-state index in [4.69, 9.17) is 9.79 Å². The van der Waals surface area contributed by atoms with E-state index in [0.717, 1.165) is 12.4 Å². The van der Waals surface area contributed by atoms with Gasteiger partial charge in [0.05, 0.1) is 12.8 Å². The Morgan fingerprint density at radius 2 is 1.90 bits per heavy atom. The standard InChI is InChI=1S/C16H17N2O8P.Cu.H2O/c19-12-3-1-10(2-4-12)5-14(16(21)22)18-7-13-11(6-17-8-15(13)20)9-26-27(23,24)25;;/h1-4,6-8,14,18-19H,5,9H2,(H,21,22)(H2,23,24,25);;1H2/b13-7-;;. The third kappa shape index (κ3) is 8.71. The first-order valence-electron chi connectivity index (χ1n) is 7.59. The van der Waals surface area contributed by atoms with Crippen LogP contribution < -0.4 is 5.32 Å². The van der Waals surface area contributed by atoms with E-state index in [9.17, 15) is 24.4 Å². The Morgan fingerprint density at radius 1 is 1.28 bits per heavy atom. The van der Waals surface area contributed by atoms with Gasteiger partial charge in [0.2, 0.25) is 5.78 Å². The molecule has 0 aromatic heterocycles. The summed E-state index contributed by atoms with van der Waals surface area (Å²) in [5.74, 6) is -1.69. The van der Waals surface area contributed by atoms with Crippen molar-refractivity contribution < 1.29 is 61.2 Å². The molecule has 0 amide bonds. The van der Waals surface area contributed by atoms with Crippen LogP contribution in [0.15, 0.2) is 52.8 Å². The number of hydrogen-bond donors (Lipinski definition) is 5. The number of phenols is 1. The van der Waals surface area contributed by atoms with Gasteiger partial charge in [-0.25, -0.2) is 9.36 Å². The molecular weight excluding hydrogens is 459 g/mol. The van der Waals surface area contributed by atoms with Crippen LogP contribution >= 0.6 is 7.82 Å². The predicted octanol–water partition coefficient (Wildman–Crippen LogP) is -0.319. The number of carboxylic acids is 1. The number of ketones is 1. The Bertz CT molecular complexity index is 862. The van der Waals surface area contributed by atoms with E-state index in [-0.39, 0.29) is 45.9 Å². The molecule has 0 aliphatic carbocycles. The van der Waals surface area contributed by atoms with E-state index in [1.54, 1.807) is 12.1 Å². The van der Waals surface area contributed by atoms with Gasteiger partial charge in [-0.15, -0.1) is 0 Å². The molecule has 1 heterocycles. The van der Waals surface area contributed by atoms with Crippen LogP contribution in [-0.4, -0.2) is 56.1 Å². The SMILES string of the molecule is O.O=C1C=NC=C(COP(=O)(O)O)/C1=C/NC(Cc1ccc(O)cc1)C(=O)O.[Cu]. The van der Waals surface area contributed by atoms with Gasteiger partial charge in [0.15, 0.2) is 0 Å². The molecule has 29 heavy (non-hydrogen) atoms. The number of Topliss-reactive ketones (excluding diaryl/α,β-unsaturated/α-hetero) is 1. The summed E-state index contributed by atoms with van der Waals surface area (Å²) < 4.78 is 15.2. The quantitative estimate of drug-likeness (QED) is 0.189. The number of nitrogens with zero attached hydrogens (tertiary/aromatic N) is 1. The molecule has 1 aliphatic rings. The summed E-state index contributed by atoms with van der Waals surface area (Å²) in [5.41, 5.74) is 0.714. The zero-order chi connectivity index (χ0) is 20.0.